The maximum Gasteiger partial charge on any atom is 0.156 e. The number of hydrogen-bond acceptors (Lipinski definition) is 4. The zero-order valence-corrected chi connectivity index (χ0v) is 17.2. The van der Waals surface area contributed by atoms with Crippen molar-refractivity contribution in [1.82, 2.24) is 10.2 Å². The van der Waals surface area contributed by atoms with Gasteiger partial charge in [0.15, 0.2) is 5.82 Å². The second-order valence-corrected chi connectivity index (χ2v) is 7.50. The van der Waals surface area contributed by atoms with Crippen LogP contribution in [0.25, 0.3) is 10.8 Å². The highest BCUT2D eigenvalue weighted by Gasteiger charge is 2.09. The highest BCUT2D eigenvalue weighted by molar-refractivity contribution is 6.42. The molecule has 4 aromatic rings. The molecule has 0 aliphatic heterocycles. The predicted molar refractivity (Wildman–Crippen MR) is 122 cm³/mol. The molecule has 0 amide bonds. The van der Waals surface area contributed by atoms with Crippen LogP contribution in [0.1, 0.15) is 11.3 Å². The van der Waals surface area contributed by atoms with Crippen molar-refractivity contribution in [3.8, 4) is 0 Å². The Morgan fingerprint density at radius 2 is 1.41 bits per heavy atom. The van der Waals surface area contributed by atoms with E-state index in [1.807, 2.05) is 42.5 Å². The lowest BCUT2D eigenvalue weighted by atomic mass is 10.0. The molecule has 6 heteroatoms. The van der Waals surface area contributed by atoms with Gasteiger partial charge in [0.2, 0.25) is 0 Å². The number of nitrogens with zero attached hydrogens (tertiary/aromatic N) is 2. The first-order valence-corrected chi connectivity index (χ1v) is 10.2. The van der Waals surface area contributed by atoms with Crippen molar-refractivity contribution in [2.45, 2.75) is 6.42 Å². The lowest BCUT2D eigenvalue weighted by molar-refractivity contribution is 0.946. The van der Waals surface area contributed by atoms with Crippen molar-refractivity contribution in [2.75, 3.05) is 23.7 Å². The quantitative estimate of drug-likeness (QED) is 0.355. The fourth-order valence-electron chi connectivity index (χ4n) is 3.20. The number of benzene rings is 3. The van der Waals surface area contributed by atoms with Gasteiger partial charge >= 0.3 is 0 Å². The third kappa shape index (κ3) is 4.78. The molecule has 0 aliphatic carbocycles. The first-order chi connectivity index (χ1) is 14.2. The fraction of sp³-hybridized carbons (Fsp3) is 0.130. The molecule has 1 aromatic heterocycles. The Bertz CT molecular complexity index is 1120. The molecule has 0 fully saturated rings. The molecule has 2 N–H and O–H groups in total. The van der Waals surface area contributed by atoms with Crippen LogP contribution in [0.3, 0.4) is 0 Å². The van der Waals surface area contributed by atoms with Crippen molar-refractivity contribution >= 4 is 45.5 Å². The molecule has 4 rings (SSSR count). The zero-order valence-electron chi connectivity index (χ0n) is 15.7. The summed E-state index contributed by atoms with van der Waals surface area (Å²) in [6.45, 7) is 1.40. The molecule has 1 heterocycles. The van der Waals surface area contributed by atoms with Gasteiger partial charge in [-0.2, -0.15) is 5.10 Å². The Morgan fingerprint density at radius 1 is 0.690 bits per heavy atom. The second kappa shape index (κ2) is 9.12. The lowest BCUT2D eigenvalue weighted by Crippen LogP contribution is -2.15. The van der Waals surface area contributed by atoms with Crippen LogP contribution in [0, 0.1) is 0 Å². The molecule has 0 saturated carbocycles. The van der Waals surface area contributed by atoms with E-state index in [1.54, 1.807) is 6.07 Å². The van der Waals surface area contributed by atoms with Crippen LogP contribution in [0.4, 0.5) is 11.5 Å². The topological polar surface area (TPSA) is 49.8 Å². The van der Waals surface area contributed by atoms with Crippen molar-refractivity contribution < 1.29 is 0 Å². The monoisotopic (exact) mass is 422 g/mol. The van der Waals surface area contributed by atoms with E-state index in [0.29, 0.717) is 23.1 Å². The van der Waals surface area contributed by atoms with Gasteiger partial charge in [-0.3, -0.25) is 0 Å². The van der Waals surface area contributed by atoms with Crippen LogP contribution in [0.2, 0.25) is 10.0 Å². The van der Waals surface area contributed by atoms with Gasteiger partial charge in [0, 0.05) is 36.0 Å². The summed E-state index contributed by atoms with van der Waals surface area (Å²) in [7, 11) is 0. The molecular weight excluding hydrogens is 403 g/mol. The van der Waals surface area contributed by atoms with Gasteiger partial charge in [-0.15, -0.1) is 5.10 Å². The predicted octanol–water partition coefficient (Wildman–Crippen LogP) is 6.05. The summed E-state index contributed by atoms with van der Waals surface area (Å²) in [6.07, 6.45) is 0.757. The fourth-order valence-corrected chi connectivity index (χ4v) is 3.50. The summed E-state index contributed by atoms with van der Waals surface area (Å²) in [5.74, 6) is 0.786. The Hall–Kier alpha value is -2.82. The van der Waals surface area contributed by atoms with Crippen LogP contribution in [-0.2, 0) is 6.42 Å². The average Bonchev–Trinajstić information content (AvgIpc) is 2.75. The SMILES string of the molecule is Clc1ccc(NCCNc2nnc(Cc3ccccc3)c3ccccc23)cc1Cl. The van der Waals surface area contributed by atoms with Crippen molar-refractivity contribution in [1.29, 1.82) is 0 Å². The maximum absolute atomic E-state index is 6.05. The summed E-state index contributed by atoms with van der Waals surface area (Å²) in [5.41, 5.74) is 3.13. The molecule has 146 valence electrons. The van der Waals surface area contributed by atoms with Crippen molar-refractivity contribution in [3.05, 3.63) is 94.1 Å². The molecule has 0 radical (unpaired) electrons. The van der Waals surface area contributed by atoms with E-state index in [4.69, 9.17) is 23.2 Å². The number of nitrogens with one attached hydrogen (secondary N) is 2. The number of anilines is 2. The molecule has 3 aromatic carbocycles. The summed E-state index contributed by atoms with van der Waals surface area (Å²) in [4.78, 5) is 0. The smallest absolute Gasteiger partial charge is 0.156 e. The second-order valence-electron chi connectivity index (χ2n) is 6.69. The normalized spacial score (nSPS) is 10.8. The molecule has 0 spiro atoms. The van der Waals surface area contributed by atoms with E-state index in [2.05, 4.69) is 45.1 Å². The largest absolute Gasteiger partial charge is 0.383 e. The molecule has 0 bridgehead atoms. The Balaban J connectivity index is 1.45. The van der Waals surface area contributed by atoms with E-state index in [1.165, 1.54) is 5.56 Å². The standard InChI is InChI=1S/C23H20Cl2N4/c24-20-11-10-17(15-21(20)25)26-12-13-27-23-19-9-5-4-8-18(19)22(28-29-23)14-16-6-2-1-3-7-16/h1-11,15,26H,12-14H2,(H,27,29). The number of halogens is 2. The summed E-state index contributed by atoms with van der Waals surface area (Å²) >= 11 is 12.0. The van der Waals surface area contributed by atoms with Crippen LogP contribution >= 0.6 is 23.2 Å². The summed E-state index contributed by atoms with van der Waals surface area (Å²) in [5, 5.41) is 18.9. The number of rotatable bonds is 7. The van der Waals surface area contributed by atoms with Gasteiger partial charge in [0.1, 0.15) is 0 Å². The molecule has 29 heavy (non-hydrogen) atoms. The van der Waals surface area contributed by atoms with Crippen LogP contribution in [0.5, 0.6) is 0 Å². The van der Waals surface area contributed by atoms with Crippen molar-refractivity contribution in [3.63, 3.8) is 0 Å². The zero-order chi connectivity index (χ0) is 20.1. The summed E-state index contributed by atoms with van der Waals surface area (Å²) < 4.78 is 0. The maximum atomic E-state index is 6.05. The van der Waals surface area contributed by atoms with Gasteiger partial charge in [-0.05, 0) is 23.8 Å². The summed E-state index contributed by atoms with van der Waals surface area (Å²) in [6, 6.07) is 24.1. The third-order valence-electron chi connectivity index (χ3n) is 4.64. The minimum Gasteiger partial charge on any atom is -0.383 e. The molecule has 0 unspecified atom stereocenters. The first kappa shape index (κ1) is 19.5. The molecule has 0 saturated heterocycles. The van der Waals surface area contributed by atoms with E-state index in [-0.39, 0.29) is 0 Å². The minimum atomic E-state index is 0.537. The van der Waals surface area contributed by atoms with E-state index < -0.39 is 0 Å². The van der Waals surface area contributed by atoms with Gasteiger partial charge in [0.05, 0.1) is 15.7 Å². The highest BCUT2D eigenvalue weighted by Crippen LogP contribution is 2.26. The molecule has 0 aliphatic rings. The Labute approximate surface area is 179 Å². The number of hydrogen-bond donors (Lipinski definition) is 2. The van der Waals surface area contributed by atoms with Crippen LogP contribution in [0.15, 0.2) is 72.8 Å². The number of fused-ring (bicyclic) bond motifs is 1. The van der Waals surface area contributed by atoms with Crippen LogP contribution < -0.4 is 10.6 Å². The minimum absolute atomic E-state index is 0.537. The Morgan fingerprint density at radius 3 is 2.21 bits per heavy atom. The Kier molecular flexibility index (Phi) is 6.13. The van der Waals surface area contributed by atoms with Gasteiger partial charge in [0.25, 0.3) is 0 Å². The third-order valence-corrected chi connectivity index (χ3v) is 5.38. The molecule has 4 nitrogen and oxygen atoms in total. The van der Waals surface area contributed by atoms with Gasteiger partial charge in [-0.1, -0.05) is 77.8 Å². The van der Waals surface area contributed by atoms with Gasteiger partial charge < -0.3 is 10.6 Å². The van der Waals surface area contributed by atoms with E-state index in [0.717, 1.165) is 34.4 Å². The average molecular weight is 423 g/mol. The van der Waals surface area contributed by atoms with Crippen molar-refractivity contribution in [2.24, 2.45) is 0 Å². The van der Waals surface area contributed by atoms with E-state index in [9.17, 15) is 0 Å². The molecular formula is C23H20Cl2N4. The highest BCUT2D eigenvalue weighted by atomic mass is 35.5. The number of aromatic nitrogens is 2. The van der Waals surface area contributed by atoms with Gasteiger partial charge in [-0.25, -0.2) is 0 Å². The first-order valence-electron chi connectivity index (χ1n) is 9.42. The van der Waals surface area contributed by atoms with E-state index >= 15 is 0 Å². The lowest BCUT2D eigenvalue weighted by Gasteiger charge is -2.12. The molecule has 0 atom stereocenters. The van der Waals surface area contributed by atoms with Crippen LogP contribution in [-0.4, -0.2) is 23.3 Å².